The van der Waals surface area contributed by atoms with Crippen LogP contribution in [0, 0.1) is 13.8 Å². The molecule has 0 aliphatic carbocycles. The van der Waals surface area contributed by atoms with Crippen molar-refractivity contribution >= 4 is 11.7 Å². The van der Waals surface area contributed by atoms with Crippen molar-refractivity contribution in [3.05, 3.63) is 52.8 Å². The lowest BCUT2D eigenvalue weighted by Gasteiger charge is -2.32. The maximum absolute atomic E-state index is 13.3. The lowest BCUT2D eigenvalue weighted by atomic mass is 9.92. The number of aromatic nitrogens is 5. The van der Waals surface area contributed by atoms with E-state index in [9.17, 15) is 13.6 Å². The number of hydrogen-bond donors (Lipinski definition) is 0. The second-order valence-corrected chi connectivity index (χ2v) is 6.73. The van der Waals surface area contributed by atoms with E-state index >= 15 is 0 Å². The van der Waals surface area contributed by atoms with Crippen molar-refractivity contribution < 1.29 is 18.0 Å². The Labute approximate surface area is 158 Å². The lowest BCUT2D eigenvalue weighted by Crippen LogP contribution is -2.39. The van der Waals surface area contributed by atoms with E-state index in [4.69, 9.17) is 4.42 Å². The van der Waals surface area contributed by atoms with Gasteiger partial charge >= 0.3 is 0 Å². The first kappa shape index (κ1) is 18.2. The molecule has 0 saturated carbocycles. The van der Waals surface area contributed by atoms with Gasteiger partial charge in [-0.25, -0.2) is 23.3 Å². The van der Waals surface area contributed by atoms with Crippen molar-refractivity contribution in [3.63, 3.8) is 0 Å². The van der Waals surface area contributed by atoms with Crippen LogP contribution >= 0.6 is 0 Å². The van der Waals surface area contributed by atoms with Gasteiger partial charge in [-0.2, -0.15) is 10.1 Å². The highest BCUT2D eigenvalue weighted by molar-refractivity contribution is 5.93. The molecule has 10 heteroatoms. The molecule has 1 aliphatic heterocycles. The summed E-state index contributed by atoms with van der Waals surface area (Å²) < 4.78 is 33.4. The minimum absolute atomic E-state index is 0.104. The van der Waals surface area contributed by atoms with Crippen LogP contribution in [0.15, 0.2) is 28.5 Å². The van der Waals surface area contributed by atoms with Gasteiger partial charge in [-0.15, -0.1) is 0 Å². The third kappa shape index (κ3) is 3.04. The molecule has 0 N–H and O–H groups in total. The number of halogens is 2. The highest BCUT2D eigenvalue weighted by atomic mass is 19.3. The molecule has 0 spiro atoms. The molecule has 0 unspecified atom stereocenters. The van der Waals surface area contributed by atoms with Gasteiger partial charge < -0.3 is 9.32 Å². The highest BCUT2D eigenvalue weighted by Crippen LogP contribution is 2.31. The number of rotatable bonds is 3. The minimum Gasteiger partial charge on any atom is -0.445 e. The maximum atomic E-state index is 13.3. The number of nitrogens with zero attached hydrogens (tertiary/aromatic N) is 6. The second-order valence-electron chi connectivity index (χ2n) is 6.73. The van der Waals surface area contributed by atoms with E-state index in [0.29, 0.717) is 30.4 Å². The molecule has 0 fully saturated rings. The standard InChI is InChI=1S/C18H18F2N6O2/c1-9-4-5-25(17(27)15-10(2)28-11(3)23-15)7-12(9)14-6-13(16(19)20)24-18-21-8-22-26(14)18/h4,6,8,12,16H,5,7H2,1-3H3/t12-/m1/s1. The van der Waals surface area contributed by atoms with Crippen LogP contribution in [0.25, 0.3) is 5.78 Å². The Kier molecular flexibility index (Phi) is 4.40. The van der Waals surface area contributed by atoms with Gasteiger partial charge in [-0.05, 0) is 19.9 Å². The Balaban J connectivity index is 1.72. The van der Waals surface area contributed by atoms with E-state index in [0.717, 1.165) is 5.57 Å². The summed E-state index contributed by atoms with van der Waals surface area (Å²) in [6, 6.07) is 1.33. The fourth-order valence-electron chi connectivity index (χ4n) is 3.42. The van der Waals surface area contributed by atoms with Crippen molar-refractivity contribution in [1.82, 2.24) is 29.5 Å². The van der Waals surface area contributed by atoms with Crippen LogP contribution in [0.2, 0.25) is 0 Å². The van der Waals surface area contributed by atoms with Crippen LogP contribution in [-0.2, 0) is 0 Å². The largest absolute Gasteiger partial charge is 0.445 e. The fraction of sp³-hybridized carbons (Fsp3) is 0.389. The highest BCUT2D eigenvalue weighted by Gasteiger charge is 2.31. The Bertz CT molecular complexity index is 1090. The van der Waals surface area contributed by atoms with Gasteiger partial charge in [0.25, 0.3) is 18.1 Å². The summed E-state index contributed by atoms with van der Waals surface area (Å²) in [5, 5.41) is 4.11. The van der Waals surface area contributed by atoms with Crippen LogP contribution in [-0.4, -0.2) is 48.5 Å². The summed E-state index contributed by atoms with van der Waals surface area (Å²) in [6.45, 7) is 5.97. The van der Waals surface area contributed by atoms with Crippen molar-refractivity contribution in [1.29, 1.82) is 0 Å². The van der Waals surface area contributed by atoms with Crippen molar-refractivity contribution in [3.8, 4) is 0 Å². The molecule has 28 heavy (non-hydrogen) atoms. The van der Waals surface area contributed by atoms with E-state index in [-0.39, 0.29) is 29.0 Å². The van der Waals surface area contributed by atoms with Gasteiger partial charge in [0.1, 0.15) is 17.8 Å². The summed E-state index contributed by atoms with van der Waals surface area (Å²) in [5.74, 6) is 0.387. The van der Waals surface area contributed by atoms with Gasteiger partial charge in [-0.3, -0.25) is 4.79 Å². The van der Waals surface area contributed by atoms with Crippen molar-refractivity contribution in [2.45, 2.75) is 33.1 Å². The SMILES string of the molecule is CC1=CCN(C(=O)c2nc(C)oc2C)C[C@H]1c1cc(C(F)F)nc2ncnn12. The summed E-state index contributed by atoms with van der Waals surface area (Å²) in [6.07, 6.45) is 0.444. The molecule has 0 aromatic carbocycles. The van der Waals surface area contributed by atoms with E-state index in [1.54, 1.807) is 18.7 Å². The normalized spacial score (nSPS) is 17.4. The van der Waals surface area contributed by atoms with Crippen LogP contribution in [0.1, 0.15) is 52.8 Å². The number of amides is 1. The first-order valence-electron chi connectivity index (χ1n) is 8.74. The van der Waals surface area contributed by atoms with Gasteiger partial charge in [-0.1, -0.05) is 11.6 Å². The monoisotopic (exact) mass is 388 g/mol. The third-order valence-electron chi connectivity index (χ3n) is 4.86. The van der Waals surface area contributed by atoms with Crippen LogP contribution in [0.5, 0.6) is 0 Å². The van der Waals surface area contributed by atoms with Crippen LogP contribution < -0.4 is 0 Å². The van der Waals surface area contributed by atoms with Gasteiger partial charge in [0.2, 0.25) is 0 Å². The minimum atomic E-state index is -2.73. The summed E-state index contributed by atoms with van der Waals surface area (Å²) in [7, 11) is 0. The molecule has 3 aromatic heterocycles. The van der Waals surface area contributed by atoms with Gasteiger partial charge in [0.05, 0.1) is 5.69 Å². The molecule has 4 heterocycles. The average molecular weight is 388 g/mol. The number of carbonyl (C=O) groups excluding carboxylic acids is 1. The quantitative estimate of drug-likeness (QED) is 0.641. The molecule has 0 saturated heterocycles. The van der Waals surface area contributed by atoms with E-state index in [2.05, 4.69) is 20.1 Å². The topological polar surface area (TPSA) is 89.4 Å². The molecule has 3 aromatic rings. The molecule has 1 atom stereocenters. The molecule has 8 nitrogen and oxygen atoms in total. The Morgan fingerprint density at radius 1 is 1.29 bits per heavy atom. The number of aryl methyl sites for hydroxylation is 2. The predicted octanol–water partition coefficient (Wildman–Crippen LogP) is 2.85. The van der Waals surface area contributed by atoms with Gasteiger partial charge in [0.15, 0.2) is 11.6 Å². The van der Waals surface area contributed by atoms with E-state index in [1.165, 1.54) is 16.9 Å². The van der Waals surface area contributed by atoms with Crippen molar-refractivity contribution in [2.75, 3.05) is 13.1 Å². The summed E-state index contributed by atoms with van der Waals surface area (Å²) >= 11 is 0. The van der Waals surface area contributed by atoms with Gasteiger partial charge in [0, 0.05) is 25.9 Å². The molecular weight excluding hydrogens is 370 g/mol. The predicted molar refractivity (Wildman–Crippen MR) is 94.1 cm³/mol. The fourth-order valence-corrected chi connectivity index (χ4v) is 3.42. The number of oxazole rings is 1. The molecule has 4 rings (SSSR count). The molecular formula is C18H18F2N6O2. The molecule has 0 radical (unpaired) electrons. The molecule has 146 valence electrons. The first-order chi connectivity index (χ1) is 13.3. The van der Waals surface area contributed by atoms with Crippen molar-refractivity contribution in [2.24, 2.45) is 0 Å². The zero-order chi connectivity index (χ0) is 20.0. The maximum Gasteiger partial charge on any atom is 0.280 e. The lowest BCUT2D eigenvalue weighted by molar-refractivity contribution is 0.0752. The Hall–Kier alpha value is -3.17. The summed E-state index contributed by atoms with van der Waals surface area (Å²) in [5.41, 5.74) is 1.37. The number of hydrogen-bond acceptors (Lipinski definition) is 6. The van der Waals surface area contributed by atoms with E-state index in [1.807, 2.05) is 13.0 Å². The molecule has 1 amide bonds. The smallest absolute Gasteiger partial charge is 0.280 e. The second kappa shape index (κ2) is 6.77. The zero-order valence-electron chi connectivity index (χ0n) is 15.6. The molecule has 0 bridgehead atoms. The number of carbonyl (C=O) groups is 1. The number of fused-ring (bicyclic) bond motifs is 1. The summed E-state index contributed by atoms with van der Waals surface area (Å²) in [4.78, 5) is 26.5. The Morgan fingerprint density at radius 2 is 2.07 bits per heavy atom. The molecule has 1 aliphatic rings. The number of alkyl halides is 2. The van der Waals surface area contributed by atoms with Crippen LogP contribution in [0.3, 0.4) is 0 Å². The zero-order valence-corrected chi connectivity index (χ0v) is 15.6. The van der Waals surface area contributed by atoms with Crippen LogP contribution in [0.4, 0.5) is 8.78 Å². The Morgan fingerprint density at radius 3 is 2.75 bits per heavy atom. The van der Waals surface area contributed by atoms with E-state index < -0.39 is 6.43 Å². The first-order valence-corrected chi connectivity index (χ1v) is 8.74. The average Bonchev–Trinajstić information content (AvgIpc) is 3.26. The third-order valence-corrected chi connectivity index (χ3v) is 4.86.